The summed E-state index contributed by atoms with van der Waals surface area (Å²) in [7, 11) is 0. The third-order valence-corrected chi connectivity index (χ3v) is 4.36. The van der Waals surface area contributed by atoms with Gasteiger partial charge in [-0.05, 0) is 37.3 Å². The van der Waals surface area contributed by atoms with Crippen molar-refractivity contribution in [2.24, 2.45) is 5.41 Å². The van der Waals surface area contributed by atoms with Crippen LogP contribution < -0.4 is 0 Å². The molecule has 16 heavy (non-hydrogen) atoms. The number of aliphatic carboxylic acids is 1. The zero-order chi connectivity index (χ0) is 11.6. The molecule has 0 aliphatic heterocycles. The maximum atomic E-state index is 10.7. The Morgan fingerprint density at radius 2 is 2.25 bits per heavy atom. The first kappa shape index (κ1) is 11.5. The Labute approximate surface area is 100 Å². The van der Waals surface area contributed by atoms with E-state index in [1.807, 2.05) is 0 Å². The third-order valence-electron chi connectivity index (χ3n) is 3.02. The summed E-state index contributed by atoms with van der Waals surface area (Å²) in [6, 6.07) is 8.37. The van der Waals surface area contributed by atoms with Crippen molar-refractivity contribution in [1.29, 1.82) is 0 Å². The SMILES string of the molecule is Cc1cccc(SCC2(CC(=O)O)CC2)c1. The smallest absolute Gasteiger partial charge is 0.303 e. The zero-order valence-electron chi connectivity index (χ0n) is 9.40. The molecule has 0 bridgehead atoms. The van der Waals surface area contributed by atoms with Gasteiger partial charge in [-0.25, -0.2) is 0 Å². The molecule has 0 unspecified atom stereocenters. The van der Waals surface area contributed by atoms with E-state index in [1.165, 1.54) is 10.5 Å². The molecule has 0 aromatic heterocycles. The number of rotatable bonds is 5. The summed E-state index contributed by atoms with van der Waals surface area (Å²) in [6.07, 6.45) is 2.46. The molecule has 2 nitrogen and oxygen atoms in total. The monoisotopic (exact) mass is 236 g/mol. The van der Waals surface area contributed by atoms with E-state index >= 15 is 0 Å². The molecule has 3 heteroatoms. The van der Waals surface area contributed by atoms with Crippen molar-refractivity contribution in [3.63, 3.8) is 0 Å². The van der Waals surface area contributed by atoms with Crippen LogP contribution in [0.4, 0.5) is 0 Å². The summed E-state index contributed by atoms with van der Waals surface area (Å²) in [5, 5.41) is 8.82. The molecule has 1 saturated carbocycles. The van der Waals surface area contributed by atoms with Crippen molar-refractivity contribution in [1.82, 2.24) is 0 Å². The maximum Gasteiger partial charge on any atom is 0.303 e. The van der Waals surface area contributed by atoms with Crippen LogP contribution in [0.25, 0.3) is 0 Å². The molecular weight excluding hydrogens is 220 g/mol. The minimum atomic E-state index is -0.664. The molecule has 1 aromatic rings. The first-order chi connectivity index (χ1) is 7.60. The Bertz CT molecular complexity index is 397. The van der Waals surface area contributed by atoms with Crippen LogP contribution in [0, 0.1) is 12.3 Å². The van der Waals surface area contributed by atoms with Crippen molar-refractivity contribution >= 4 is 17.7 Å². The van der Waals surface area contributed by atoms with Gasteiger partial charge in [-0.15, -0.1) is 11.8 Å². The number of thioether (sulfide) groups is 1. The molecule has 0 amide bonds. The van der Waals surface area contributed by atoms with E-state index in [4.69, 9.17) is 5.11 Å². The number of aryl methyl sites for hydroxylation is 1. The lowest BCUT2D eigenvalue weighted by molar-refractivity contribution is -0.138. The average molecular weight is 236 g/mol. The van der Waals surface area contributed by atoms with Gasteiger partial charge in [0, 0.05) is 10.6 Å². The summed E-state index contributed by atoms with van der Waals surface area (Å²) < 4.78 is 0. The molecule has 0 spiro atoms. The minimum Gasteiger partial charge on any atom is -0.481 e. The zero-order valence-corrected chi connectivity index (χ0v) is 10.2. The quantitative estimate of drug-likeness (QED) is 0.797. The summed E-state index contributed by atoms with van der Waals surface area (Å²) in [5.74, 6) is 0.269. The molecule has 1 N–H and O–H groups in total. The lowest BCUT2D eigenvalue weighted by atomic mass is 10.1. The van der Waals surface area contributed by atoms with Gasteiger partial charge in [-0.3, -0.25) is 4.79 Å². The lowest BCUT2D eigenvalue weighted by Crippen LogP contribution is -2.10. The predicted octanol–water partition coefficient (Wildman–Crippen LogP) is 3.34. The van der Waals surface area contributed by atoms with E-state index in [0.717, 1.165) is 18.6 Å². The Kier molecular flexibility index (Phi) is 3.24. The van der Waals surface area contributed by atoms with E-state index in [1.54, 1.807) is 11.8 Å². The van der Waals surface area contributed by atoms with Gasteiger partial charge in [0.05, 0.1) is 6.42 Å². The Morgan fingerprint density at radius 3 is 2.81 bits per heavy atom. The van der Waals surface area contributed by atoms with Crippen LogP contribution in [0.1, 0.15) is 24.8 Å². The van der Waals surface area contributed by atoms with E-state index < -0.39 is 5.97 Å². The number of hydrogen-bond donors (Lipinski definition) is 1. The molecule has 0 saturated heterocycles. The fourth-order valence-electron chi connectivity index (χ4n) is 1.81. The number of carbonyl (C=O) groups is 1. The largest absolute Gasteiger partial charge is 0.481 e. The Morgan fingerprint density at radius 1 is 1.50 bits per heavy atom. The van der Waals surface area contributed by atoms with Crippen LogP contribution in [-0.2, 0) is 4.79 Å². The van der Waals surface area contributed by atoms with Gasteiger partial charge in [0.2, 0.25) is 0 Å². The molecule has 0 heterocycles. The molecular formula is C13H16O2S. The van der Waals surface area contributed by atoms with Crippen molar-refractivity contribution in [2.45, 2.75) is 31.1 Å². The van der Waals surface area contributed by atoms with E-state index in [2.05, 4.69) is 31.2 Å². The molecule has 1 aromatic carbocycles. The summed E-state index contributed by atoms with van der Waals surface area (Å²) in [6.45, 7) is 2.08. The Hall–Kier alpha value is -0.960. The molecule has 2 rings (SSSR count). The molecule has 0 radical (unpaired) electrons. The highest BCUT2D eigenvalue weighted by molar-refractivity contribution is 7.99. The van der Waals surface area contributed by atoms with Crippen molar-refractivity contribution in [3.05, 3.63) is 29.8 Å². The molecule has 1 aliphatic carbocycles. The number of carboxylic acids is 1. The van der Waals surface area contributed by atoms with Crippen LogP contribution in [0.5, 0.6) is 0 Å². The summed E-state index contributed by atoms with van der Waals surface area (Å²) >= 11 is 1.78. The van der Waals surface area contributed by atoms with Crippen molar-refractivity contribution in [3.8, 4) is 0 Å². The number of hydrogen-bond acceptors (Lipinski definition) is 2. The molecule has 0 atom stereocenters. The normalized spacial score (nSPS) is 17.1. The fraction of sp³-hybridized carbons (Fsp3) is 0.462. The lowest BCUT2D eigenvalue weighted by Gasteiger charge is -2.11. The summed E-state index contributed by atoms with van der Waals surface area (Å²) in [5.41, 5.74) is 1.34. The van der Waals surface area contributed by atoms with Crippen molar-refractivity contribution in [2.75, 3.05) is 5.75 Å². The number of benzene rings is 1. The third kappa shape index (κ3) is 3.01. The molecule has 1 fully saturated rings. The first-order valence-corrected chi connectivity index (χ1v) is 6.50. The van der Waals surface area contributed by atoms with Gasteiger partial charge in [0.25, 0.3) is 0 Å². The maximum absolute atomic E-state index is 10.7. The van der Waals surface area contributed by atoms with E-state index in [-0.39, 0.29) is 5.41 Å². The van der Waals surface area contributed by atoms with Crippen molar-refractivity contribution < 1.29 is 9.90 Å². The first-order valence-electron chi connectivity index (χ1n) is 5.51. The molecule has 86 valence electrons. The van der Waals surface area contributed by atoms with E-state index in [9.17, 15) is 4.79 Å². The van der Waals surface area contributed by atoms with Crippen LogP contribution in [0.15, 0.2) is 29.2 Å². The highest BCUT2D eigenvalue weighted by Gasteiger charge is 2.44. The number of carboxylic acid groups (broad SMARTS) is 1. The van der Waals surface area contributed by atoms with Crippen LogP contribution in [0.3, 0.4) is 0 Å². The second kappa shape index (κ2) is 4.50. The standard InChI is InChI=1S/C13H16O2S/c1-10-3-2-4-11(7-10)16-9-13(5-6-13)8-12(14)15/h2-4,7H,5-6,8-9H2,1H3,(H,14,15). The van der Waals surface area contributed by atoms with Gasteiger partial charge >= 0.3 is 5.97 Å². The summed E-state index contributed by atoms with van der Waals surface area (Å²) in [4.78, 5) is 12.0. The minimum absolute atomic E-state index is 0.0836. The van der Waals surface area contributed by atoms with Gasteiger partial charge in [0.1, 0.15) is 0 Å². The predicted molar refractivity (Wildman–Crippen MR) is 65.8 cm³/mol. The fourth-order valence-corrected chi connectivity index (χ4v) is 3.12. The topological polar surface area (TPSA) is 37.3 Å². The van der Waals surface area contributed by atoms with Gasteiger partial charge in [-0.1, -0.05) is 17.7 Å². The second-order valence-corrected chi connectivity index (χ2v) is 5.72. The van der Waals surface area contributed by atoms with Crippen LogP contribution in [-0.4, -0.2) is 16.8 Å². The van der Waals surface area contributed by atoms with Gasteiger partial charge in [0.15, 0.2) is 0 Å². The van der Waals surface area contributed by atoms with Crippen LogP contribution in [0.2, 0.25) is 0 Å². The highest BCUT2D eigenvalue weighted by Crippen LogP contribution is 2.51. The van der Waals surface area contributed by atoms with Gasteiger partial charge < -0.3 is 5.11 Å². The van der Waals surface area contributed by atoms with Crippen LogP contribution >= 0.6 is 11.8 Å². The second-order valence-electron chi connectivity index (χ2n) is 4.68. The molecule has 1 aliphatic rings. The highest BCUT2D eigenvalue weighted by atomic mass is 32.2. The van der Waals surface area contributed by atoms with E-state index in [0.29, 0.717) is 6.42 Å². The van der Waals surface area contributed by atoms with Gasteiger partial charge in [-0.2, -0.15) is 0 Å². The average Bonchev–Trinajstić information content (AvgIpc) is 2.95. The Balaban J connectivity index is 1.90.